The summed E-state index contributed by atoms with van der Waals surface area (Å²) in [5, 5.41) is 7.14. The van der Waals surface area contributed by atoms with Gasteiger partial charge in [0.25, 0.3) is 0 Å². The second kappa shape index (κ2) is 10.1. The fourth-order valence-electron chi connectivity index (χ4n) is 1.61. The van der Waals surface area contributed by atoms with Crippen molar-refractivity contribution in [2.75, 3.05) is 13.7 Å². The average Bonchev–Trinajstić information content (AvgIpc) is 2.36. The number of halogens is 2. The summed E-state index contributed by atoms with van der Waals surface area (Å²) in [6, 6.07) is 5.92. The van der Waals surface area contributed by atoms with E-state index in [1.807, 2.05) is 19.1 Å². The van der Waals surface area contributed by atoms with Crippen LogP contribution >= 0.6 is 35.6 Å². The summed E-state index contributed by atoms with van der Waals surface area (Å²) < 4.78 is 5.30. The average molecular weight is 412 g/mol. The first kappa shape index (κ1) is 19.3. The molecule has 6 heteroatoms. The molecule has 1 aromatic carbocycles. The molecule has 0 radical (unpaired) electrons. The predicted octanol–water partition coefficient (Wildman–Crippen LogP) is 3.43. The lowest BCUT2D eigenvalue weighted by molar-refractivity contribution is 0.410. The van der Waals surface area contributed by atoms with E-state index in [2.05, 4.69) is 29.5 Å². The van der Waals surface area contributed by atoms with Gasteiger partial charge in [0, 0.05) is 23.2 Å². The molecular weight excluding hydrogens is 389 g/mol. The van der Waals surface area contributed by atoms with Crippen LogP contribution in [-0.2, 0) is 6.54 Å². The van der Waals surface area contributed by atoms with Crippen LogP contribution in [0.1, 0.15) is 26.3 Å². The van der Waals surface area contributed by atoms with Crippen molar-refractivity contribution in [3.8, 4) is 5.75 Å². The Hall–Kier alpha value is -0.690. The molecule has 2 N–H and O–H groups in total. The molecule has 0 spiro atoms. The van der Waals surface area contributed by atoms with Crippen LogP contribution in [0, 0.1) is 0 Å². The molecule has 0 aliphatic heterocycles. The number of ether oxygens (including phenoxy) is 1. The molecule has 114 valence electrons. The van der Waals surface area contributed by atoms with E-state index in [4.69, 9.17) is 16.3 Å². The smallest absolute Gasteiger partial charge is 0.191 e. The van der Waals surface area contributed by atoms with Crippen LogP contribution in [0.25, 0.3) is 0 Å². The highest BCUT2D eigenvalue weighted by Crippen LogP contribution is 2.23. The Morgan fingerprint density at radius 1 is 1.40 bits per heavy atom. The maximum atomic E-state index is 5.94. The maximum Gasteiger partial charge on any atom is 0.191 e. The number of aliphatic imine (C=N–C) groups is 1. The molecule has 0 fully saturated rings. The van der Waals surface area contributed by atoms with E-state index in [-0.39, 0.29) is 24.0 Å². The fourth-order valence-corrected chi connectivity index (χ4v) is 1.77. The Labute approximate surface area is 143 Å². The van der Waals surface area contributed by atoms with E-state index in [0.29, 0.717) is 17.6 Å². The van der Waals surface area contributed by atoms with E-state index < -0.39 is 0 Å². The van der Waals surface area contributed by atoms with Crippen LogP contribution in [0.3, 0.4) is 0 Å². The third-order valence-electron chi connectivity index (χ3n) is 2.43. The molecule has 0 atom stereocenters. The molecule has 0 amide bonds. The predicted molar refractivity (Wildman–Crippen MR) is 96.5 cm³/mol. The molecule has 0 heterocycles. The number of hydrogen-bond donors (Lipinski definition) is 2. The molecule has 1 rings (SSSR count). The Bertz CT molecular complexity index is 438. The zero-order valence-electron chi connectivity index (χ0n) is 12.4. The first-order valence-electron chi connectivity index (χ1n) is 6.44. The van der Waals surface area contributed by atoms with Crippen molar-refractivity contribution in [1.29, 1.82) is 0 Å². The normalized spacial score (nSPS) is 11.0. The quantitative estimate of drug-likeness (QED) is 0.443. The van der Waals surface area contributed by atoms with Crippen molar-refractivity contribution in [3.05, 3.63) is 28.8 Å². The molecule has 1 aromatic rings. The number of methoxy groups -OCH3 is 1. The maximum absolute atomic E-state index is 5.94. The van der Waals surface area contributed by atoms with Crippen LogP contribution in [-0.4, -0.2) is 25.7 Å². The number of rotatable bonds is 5. The Balaban J connectivity index is 0.00000361. The fraction of sp³-hybridized carbons (Fsp3) is 0.500. The zero-order chi connectivity index (χ0) is 14.3. The highest BCUT2D eigenvalue weighted by Gasteiger charge is 2.04. The topological polar surface area (TPSA) is 45.7 Å². The van der Waals surface area contributed by atoms with Crippen LogP contribution in [0.4, 0.5) is 0 Å². The molecule has 0 bridgehead atoms. The monoisotopic (exact) mass is 411 g/mol. The molecule has 0 unspecified atom stereocenters. The number of nitrogens with zero attached hydrogens (tertiary/aromatic N) is 1. The van der Waals surface area contributed by atoms with Gasteiger partial charge in [-0.3, -0.25) is 0 Å². The molecule has 0 aliphatic carbocycles. The largest absolute Gasteiger partial charge is 0.496 e. The number of benzene rings is 1. The second-order valence-corrected chi connectivity index (χ2v) is 4.89. The van der Waals surface area contributed by atoms with Gasteiger partial charge < -0.3 is 15.4 Å². The van der Waals surface area contributed by atoms with E-state index in [9.17, 15) is 0 Å². The van der Waals surface area contributed by atoms with Gasteiger partial charge in [-0.15, -0.1) is 24.0 Å². The first-order valence-corrected chi connectivity index (χ1v) is 6.81. The Kier molecular flexibility index (Phi) is 9.75. The minimum Gasteiger partial charge on any atom is -0.496 e. The molecular formula is C14H23ClIN3O. The summed E-state index contributed by atoms with van der Waals surface area (Å²) in [5.41, 5.74) is 1.01. The Morgan fingerprint density at radius 2 is 2.10 bits per heavy atom. The van der Waals surface area contributed by atoms with Gasteiger partial charge in [-0.1, -0.05) is 17.7 Å². The van der Waals surface area contributed by atoms with E-state index in [0.717, 1.165) is 23.8 Å². The van der Waals surface area contributed by atoms with Crippen LogP contribution in [0.5, 0.6) is 5.75 Å². The molecule has 0 aromatic heterocycles. The lowest BCUT2D eigenvalue weighted by Crippen LogP contribution is -2.41. The van der Waals surface area contributed by atoms with E-state index >= 15 is 0 Å². The molecule has 0 saturated heterocycles. The van der Waals surface area contributed by atoms with Crippen molar-refractivity contribution < 1.29 is 4.74 Å². The van der Waals surface area contributed by atoms with Crippen molar-refractivity contribution in [2.24, 2.45) is 4.99 Å². The summed E-state index contributed by atoms with van der Waals surface area (Å²) >= 11 is 5.94. The number of nitrogens with one attached hydrogen (secondary N) is 2. The third kappa shape index (κ3) is 6.65. The van der Waals surface area contributed by atoms with Gasteiger partial charge in [-0.2, -0.15) is 0 Å². The Morgan fingerprint density at radius 3 is 2.65 bits per heavy atom. The van der Waals surface area contributed by atoms with Gasteiger partial charge in [-0.25, -0.2) is 4.99 Å². The van der Waals surface area contributed by atoms with Crippen molar-refractivity contribution in [3.63, 3.8) is 0 Å². The molecule has 4 nitrogen and oxygen atoms in total. The standard InChI is InChI=1S/C14H22ClN3O.HI/c1-5-16-14(18-10(2)3)17-9-11-6-7-12(15)8-13(11)19-4;/h6-8,10H,5,9H2,1-4H3,(H2,16,17,18);1H. The van der Waals surface area contributed by atoms with Gasteiger partial charge in [0.15, 0.2) is 5.96 Å². The third-order valence-corrected chi connectivity index (χ3v) is 2.66. The van der Waals surface area contributed by atoms with Crippen molar-refractivity contribution in [1.82, 2.24) is 10.6 Å². The number of guanidine groups is 1. The summed E-state index contributed by atoms with van der Waals surface area (Å²) in [4.78, 5) is 4.53. The first-order chi connectivity index (χ1) is 9.06. The lowest BCUT2D eigenvalue weighted by Gasteiger charge is -2.14. The summed E-state index contributed by atoms with van der Waals surface area (Å²) in [7, 11) is 1.64. The van der Waals surface area contributed by atoms with Crippen molar-refractivity contribution in [2.45, 2.75) is 33.4 Å². The molecule has 0 aliphatic rings. The number of hydrogen-bond acceptors (Lipinski definition) is 2. The lowest BCUT2D eigenvalue weighted by atomic mass is 10.2. The van der Waals surface area contributed by atoms with Crippen molar-refractivity contribution >= 4 is 41.5 Å². The van der Waals surface area contributed by atoms with E-state index in [1.54, 1.807) is 13.2 Å². The van der Waals surface area contributed by atoms with Gasteiger partial charge in [0.2, 0.25) is 0 Å². The second-order valence-electron chi connectivity index (χ2n) is 4.45. The molecule has 0 saturated carbocycles. The zero-order valence-corrected chi connectivity index (χ0v) is 15.5. The minimum absolute atomic E-state index is 0. The van der Waals surface area contributed by atoms with Gasteiger partial charge >= 0.3 is 0 Å². The van der Waals surface area contributed by atoms with Gasteiger partial charge in [0.05, 0.1) is 13.7 Å². The summed E-state index contributed by atoms with van der Waals surface area (Å²) in [6.07, 6.45) is 0. The summed E-state index contributed by atoms with van der Waals surface area (Å²) in [5.74, 6) is 1.56. The minimum atomic E-state index is 0. The van der Waals surface area contributed by atoms with Gasteiger partial charge in [-0.05, 0) is 32.9 Å². The molecule has 20 heavy (non-hydrogen) atoms. The van der Waals surface area contributed by atoms with Crippen LogP contribution in [0.15, 0.2) is 23.2 Å². The SMILES string of the molecule is CCNC(=NCc1ccc(Cl)cc1OC)NC(C)C.I. The highest BCUT2D eigenvalue weighted by molar-refractivity contribution is 14.0. The van der Waals surface area contributed by atoms with Crippen LogP contribution < -0.4 is 15.4 Å². The van der Waals surface area contributed by atoms with E-state index in [1.165, 1.54) is 0 Å². The van der Waals surface area contributed by atoms with Crippen LogP contribution in [0.2, 0.25) is 5.02 Å². The van der Waals surface area contributed by atoms with Gasteiger partial charge in [0.1, 0.15) is 5.75 Å². The summed E-state index contributed by atoms with van der Waals surface area (Å²) in [6.45, 7) is 7.57. The highest BCUT2D eigenvalue weighted by atomic mass is 127.